The number of rotatable bonds is 2. The first-order valence-electron chi connectivity index (χ1n) is 8.67. The van der Waals surface area contributed by atoms with Crippen LogP contribution in [0.5, 0.6) is 0 Å². The predicted octanol–water partition coefficient (Wildman–Crippen LogP) is 4.60. The van der Waals surface area contributed by atoms with Gasteiger partial charge in [0.2, 0.25) is 0 Å². The van der Waals surface area contributed by atoms with Gasteiger partial charge >= 0.3 is 0 Å². The highest BCUT2D eigenvalue weighted by Gasteiger charge is 2.63. The van der Waals surface area contributed by atoms with Gasteiger partial charge in [-0.1, -0.05) is 20.8 Å². The molecule has 2 saturated carbocycles. The lowest BCUT2D eigenvalue weighted by molar-refractivity contribution is -0.125. The maximum atomic E-state index is 12.9. The number of carbonyl (C=O) groups excluding carboxylic acids is 1. The second-order valence-corrected chi connectivity index (χ2v) is 9.13. The number of allylic oxidation sites excluding steroid dienone is 1. The molecule has 0 N–H and O–H groups in total. The van der Waals surface area contributed by atoms with E-state index >= 15 is 0 Å². The van der Waals surface area contributed by atoms with Crippen molar-refractivity contribution in [1.29, 1.82) is 0 Å². The Kier molecular flexibility index (Phi) is 3.43. The number of fused-ring (bicyclic) bond motifs is 2. The van der Waals surface area contributed by atoms with E-state index in [1.807, 2.05) is 0 Å². The summed E-state index contributed by atoms with van der Waals surface area (Å²) in [7, 11) is 6.55. The SMILES string of the molecule is Cc1cc(C=C2C(=O)C3(C)CCC2C3(C)C)ccc1[N+](C)(C)C. The number of hydrogen-bond donors (Lipinski definition) is 0. The van der Waals surface area contributed by atoms with E-state index in [1.165, 1.54) is 11.3 Å². The molecule has 2 fully saturated rings. The first kappa shape index (κ1) is 16.4. The summed E-state index contributed by atoms with van der Waals surface area (Å²) in [6.45, 7) is 8.87. The van der Waals surface area contributed by atoms with E-state index in [2.05, 4.69) is 73.1 Å². The van der Waals surface area contributed by atoms with Crippen LogP contribution in [0.2, 0.25) is 0 Å². The van der Waals surface area contributed by atoms with Crippen LogP contribution in [0.4, 0.5) is 5.69 Å². The van der Waals surface area contributed by atoms with Gasteiger partial charge in [-0.15, -0.1) is 0 Å². The zero-order valence-corrected chi connectivity index (χ0v) is 15.7. The molecular weight excluding hydrogens is 282 g/mol. The van der Waals surface area contributed by atoms with Crippen molar-refractivity contribution < 1.29 is 4.79 Å². The van der Waals surface area contributed by atoms with Crippen molar-refractivity contribution in [3.8, 4) is 0 Å². The smallest absolute Gasteiger partial charge is 0.165 e. The predicted molar refractivity (Wildman–Crippen MR) is 98.3 cm³/mol. The van der Waals surface area contributed by atoms with Gasteiger partial charge in [0.05, 0.1) is 21.1 Å². The molecule has 124 valence electrons. The highest BCUT2D eigenvalue weighted by Crippen LogP contribution is 2.65. The molecule has 1 aromatic carbocycles. The van der Waals surface area contributed by atoms with Crippen LogP contribution in [0, 0.1) is 23.7 Å². The Morgan fingerprint density at radius 1 is 1.17 bits per heavy atom. The van der Waals surface area contributed by atoms with E-state index in [0.29, 0.717) is 11.7 Å². The first-order chi connectivity index (χ1) is 10.5. The van der Waals surface area contributed by atoms with E-state index in [1.54, 1.807) is 0 Å². The minimum atomic E-state index is -0.166. The van der Waals surface area contributed by atoms with Gasteiger partial charge in [0.1, 0.15) is 5.69 Å². The first-order valence-corrected chi connectivity index (χ1v) is 8.67. The van der Waals surface area contributed by atoms with Crippen LogP contribution in [0.3, 0.4) is 0 Å². The number of quaternary nitrogens is 1. The highest BCUT2D eigenvalue weighted by atomic mass is 16.1. The molecule has 0 aromatic heterocycles. The summed E-state index contributed by atoms with van der Waals surface area (Å²) < 4.78 is 0.815. The monoisotopic (exact) mass is 312 g/mol. The van der Waals surface area contributed by atoms with Crippen molar-refractivity contribution >= 4 is 17.5 Å². The molecule has 23 heavy (non-hydrogen) atoms. The van der Waals surface area contributed by atoms with Crippen molar-refractivity contribution in [1.82, 2.24) is 4.48 Å². The lowest BCUT2D eigenvalue weighted by Gasteiger charge is -2.31. The number of ketones is 1. The standard InChI is InChI=1S/C21H30NO/c1-14-12-15(8-9-18(14)22(5,6)7)13-16-17-10-11-21(4,19(16)23)20(17,2)3/h8-9,12-13,17H,10-11H2,1-7H3/q+1. The van der Waals surface area contributed by atoms with Crippen LogP contribution in [0.25, 0.3) is 6.08 Å². The molecule has 2 atom stereocenters. The van der Waals surface area contributed by atoms with Crippen LogP contribution < -0.4 is 4.48 Å². The van der Waals surface area contributed by atoms with Gasteiger partial charge in [0, 0.05) is 11.0 Å². The van der Waals surface area contributed by atoms with Crippen molar-refractivity contribution in [2.75, 3.05) is 21.1 Å². The number of nitrogens with zero attached hydrogens (tertiary/aromatic N) is 1. The molecule has 3 rings (SSSR count). The molecular formula is C21H30NO+. The second kappa shape index (κ2) is 4.80. The molecule has 2 aliphatic carbocycles. The average molecular weight is 312 g/mol. The fraction of sp³-hybridized carbons (Fsp3) is 0.571. The summed E-state index contributed by atoms with van der Waals surface area (Å²) in [5.41, 5.74) is 4.75. The normalized spacial score (nSPS) is 31.2. The summed E-state index contributed by atoms with van der Waals surface area (Å²) >= 11 is 0. The molecule has 2 nitrogen and oxygen atoms in total. The maximum absolute atomic E-state index is 12.9. The molecule has 2 aliphatic rings. The third-order valence-electron chi connectivity index (χ3n) is 6.63. The molecule has 0 spiro atoms. The zero-order valence-electron chi connectivity index (χ0n) is 15.7. The highest BCUT2D eigenvalue weighted by molar-refractivity contribution is 6.08. The number of Topliss-reactive ketones (excluding diaryl/α,β-unsaturated/α-hetero) is 1. The van der Waals surface area contributed by atoms with Gasteiger partial charge in [0.25, 0.3) is 0 Å². The Hall–Kier alpha value is -1.41. The fourth-order valence-corrected chi connectivity index (χ4v) is 4.79. The van der Waals surface area contributed by atoms with Crippen LogP contribution in [0.1, 0.15) is 44.7 Å². The van der Waals surface area contributed by atoms with Gasteiger partial charge in [-0.3, -0.25) is 9.28 Å². The van der Waals surface area contributed by atoms with Crippen molar-refractivity contribution in [3.05, 3.63) is 34.9 Å². The molecule has 2 unspecified atom stereocenters. The van der Waals surface area contributed by atoms with Gasteiger partial charge in [0.15, 0.2) is 5.78 Å². The van der Waals surface area contributed by atoms with Crippen molar-refractivity contribution in [3.63, 3.8) is 0 Å². The van der Waals surface area contributed by atoms with Crippen molar-refractivity contribution in [2.24, 2.45) is 16.7 Å². The number of aryl methyl sites for hydroxylation is 1. The molecule has 1 aromatic rings. The molecule has 2 bridgehead atoms. The minimum Gasteiger partial charge on any atom is -0.298 e. The van der Waals surface area contributed by atoms with Gasteiger partial charge in [-0.25, -0.2) is 0 Å². The Balaban J connectivity index is 2.01. The van der Waals surface area contributed by atoms with E-state index in [9.17, 15) is 4.79 Å². The molecule has 0 saturated heterocycles. The Morgan fingerprint density at radius 3 is 2.30 bits per heavy atom. The number of hydrogen-bond acceptors (Lipinski definition) is 1. The van der Waals surface area contributed by atoms with E-state index in [4.69, 9.17) is 0 Å². The van der Waals surface area contributed by atoms with E-state index in [-0.39, 0.29) is 10.8 Å². The third kappa shape index (κ3) is 2.22. The maximum Gasteiger partial charge on any atom is 0.165 e. The lowest BCUT2D eigenvalue weighted by Crippen LogP contribution is -2.35. The quantitative estimate of drug-likeness (QED) is 0.576. The number of benzene rings is 1. The Labute approximate surface area is 140 Å². The van der Waals surface area contributed by atoms with Crippen LogP contribution in [-0.2, 0) is 4.79 Å². The zero-order chi connectivity index (χ0) is 17.2. The summed E-state index contributed by atoms with van der Waals surface area (Å²) in [6.07, 6.45) is 4.35. The average Bonchev–Trinajstić information content (AvgIpc) is 2.72. The number of carbonyl (C=O) groups is 1. The Morgan fingerprint density at radius 2 is 1.83 bits per heavy atom. The summed E-state index contributed by atoms with van der Waals surface area (Å²) in [5.74, 6) is 0.797. The van der Waals surface area contributed by atoms with Crippen LogP contribution >= 0.6 is 0 Å². The second-order valence-electron chi connectivity index (χ2n) is 9.13. The van der Waals surface area contributed by atoms with Crippen LogP contribution in [-0.4, -0.2) is 26.9 Å². The lowest BCUT2D eigenvalue weighted by atomic mass is 9.70. The molecule has 0 amide bonds. The Bertz CT molecular complexity index is 705. The van der Waals surface area contributed by atoms with Gasteiger partial charge < -0.3 is 0 Å². The molecule has 2 heteroatoms. The van der Waals surface area contributed by atoms with E-state index in [0.717, 1.165) is 28.5 Å². The fourth-order valence-electron chi connectivity index (χ4n) is 4.79. The van der Waals surface area contributed by atoms with Crippen LogP contribution in [0.15, 0.2) is 23.8 Å². The summed E-state index contributed by atoms with van der Waals surface area (Å²) in [4.78, 5) is 12.9. The topological polar surface area (TPSA) is 17.1 Å². The molecule has 0 radical (unpaired) electrons. The third-order valence-corrected chi connectivity index (χ3v) is 6.63. The van der Waals surface area contributed by atoms with Crippen molar-refractivity contribution in [2.45, 2.75) is 40.5 Å². The summed E-state index contributed by atoms with van der Waals surface area (Å²) in [6, 6.07) is 6.58. The molecule has 0 aliphatic heterocycles. The van der Waals surface area contributed by atoms with Gasteiger partial charge in [-0.2, -0.15) is 0 Å². The summed E-state index contributed by atoms with van der Waals surface area (Å²) in [5, 5.41) is 0. The molecule has 0 heterocycles. The van der Waals surface area contributed by atoms with E-state index < -0.39 is 0 Å². The van der Waals surface area contributed by atoms with Gasteiger partial charge in [-0.05, 0) is 66.5 Å². The minimum absolute atomic E-state index is 0.0905. The largest absolute Gasteiger partial charge is 0.298 e.